The summed E-state index contributed by atoms with van der Waals surface area (Å²) in [5.74, 6) is 0.193. The molecule has 188 valence electrons. The Bertz CT molecular complexity index is 1030. The molecule has 35 heavy (non-hydrogen) atoms. The summed E-state index contributed by atoms with van der Waals surface area (Å²) in [5, 5.41) is 30.6. The molecule has 0 radical (unpaired) electrons. The second-order valence-corrected chi connectivity index (χ2v) is 10.5. The molecule has 3 N–H and O–H groups in total. The number of hydrogen-bond acceptors (Lipinski definition) is 6. The van der Waals surface area contributed by atoms with Crippen LogP contribution in [0.5, 0.6) is 11.5 Å². The Labute approximate surface area is 238 Å². The van der Waals surface area contributed by atoms with Gasteiger partial charge in [-0.2, -0.15) is 0 Å². The number of halogens is 1. The maximum absolute atomic E-state index is 11.7. The van der Waals surface area contributed by atoms with Gasteiger partial charge in [-0.25, -0.2) is 0 Å². The van der Waals surface area contributed by atoms with E-state index in [-0.39, 0.29) is 47.5 Å². The number of benzene rings is 2. The summed E-state index contributed by atoms with van der Waals surface area (Å²) < 4.78 is 5.89. The summed E-state index contributed by atoms with van der Waals surface area (Å²) in [7, 11) is 0. The molecule has 0 spiro atoms. The monoisotopic (exact) mass is 532 g/mol. The van der Waals surface area contributed by atoms with Gasteiger partial charge in [0.25, 0.3) is 0 Å². The molecule has 0 heterocycles. The number of ether oxygens (including phenoxy) is 1. The molecule has 0 aliphatic carbocycles. The number of phenols is 1. The van der Waals surface area contributed by atoms with E-state index in [2.05, 4.69) is 0 Å². The van der Waals surface area contributed by atoms with Gasteiger partial charge in [0.05, 0.1) is 29.7 Å². The number of ketones is 1. The van der Waals surface area contributed by atoms with Gasteiger partial charge in [0.1, 0.15) is 11.5 Å². The molecule has 2 rings (SSSR count). The minimum absolute atomic E-state index is 0. The van der Waals surface area contributed by atoms with Crippen LogP contribution < -0.4 is 4.74 Å². The molecule has 0 saturated heterocycles. The van der Waals surface area contributed by atoms with Crippen LogP contribution >= 0.6 is 23.4 Å². The molecule has 1 unspecified atom stereocenters. The average Bonchev–Trinajstić information content (AvgIpc) is 2.75. The SMILES string of the molecule is CCCc1c(OCCCSc2ccc(C(O)C(C)(C)CC(=O)O)cc2Cl)ccc(C(C)=O)c1O.[NaH]. The Morgan fingerprint density at radius 1 is 1.20 bits per heavy atom. The molecule has 6 nitrogen and oxygen atoms in total. The van der Waals surface area contributed by atoms with Crippen molar-refractivity contribution in [3.8, 4) is 11.5 Å². The Morgan fingerprint density at radius 2 is 1.89 bits per heavy atom. The first-order valence-electron chi connectivity index (χ1n) is 11.3. The number of carboxylic acids is 1. The molecule has 2 aromatic rings. The Kier molecular flexibility index (Phi) is 13.2. The van der Waals surface area contributed by atoms with Gasteiger partial charge in [0, 0.05) is 21.6 Å². The number of thioether (sulfide) groups is 1. The molecular formula is C26H34ClNaO6S. The molecule has 9 heteroatoms. The van der Waals surface area contributed by atoms with Crippen molar-refractivity contribution in [3.05, 3.63) is 52.0 Å². The third kappa shape index (κ3) is 8.99. The number of phenolic OH excluding ortho intramolecular Hbond substituents is 1. The normalized spacial score (nSPS) is 12.1. The van der Waals surface area contributed by atoms with Crippen LogP contribution in [0.25, 0.3) is 0 Å². The summed E-state index contributed by atoms with van der Waals surface area (Å²) in [6, 6.07) is 8.62. The zero-order valence-electron chi connectivity index (χ0n) is 20.1. The predicted molar refractivity (Wildman–Crippen MR) is 143 cm³/mol. The third-order valence-electron chi connectivity index (χ3n) is 5.54. The van der Waals surface area contributed by atoms with E-state index in [9.17, 15) is 19.8 Å². The van der Waals surface area contributed by atoms with E-state index in [1.54, 1.807) is 49.9 Å². The molecular weight excluding hydrogens is 499 g/mol. The van der Waals surface area contributed by atoms with Crippen molar-refractivity contribution in [1.29, 1.82) is 0 Å². The van der Waals surface area contributed by atoms with Crippen LogP contribution in [0.1, 0.15) is 74.5 Å². The van der Waals surface area contributed by atoms with Crippen molar-refractivity contribution in [1.82, 2.24) is 0 Å². The number of carbonyl (C=O) groups is 2. The first kappa shape index (κ1) is 31.8. The van der Waals surface area contributed by atoms with Gasteiger partial charge >= 0.3 is 35.5 Å². The molecule has 0 saturated carbocycles. The van der Waals surface area contributed by atoms with Gasteiger partial charge in [-0.15, -0.1) is 11.8 Å². The number of Topliss-reactive ketones (excluding diaryl/α,β-unsaturated/α-hetero) is 1. The second kappa shape index (κ2) is 14.5. The Balaban J connectivity index is 0.00000612. The number of aromatic hydroxyl groups is 1. The van der Waals surface area contributed by atoms with Crippen molar-refractivity contribution in [3.63, 3.8) is 0 Å². The van der Waals surface area contributed by atoms with Crippen LogP contribution in [0.15, 0.2) is 35.2 Å². The molecule has 0 bridgehead atoms. The fourth-order valence-corrected chi connectivity index (χ4v) is 4.89. The Morgan fingerprint density at radius 3 is 2.46 bits per heavy atom. The molecule has 0 amide bonds. The van der Waals surface area contributed by atoms with Crippen LogP contribution in [-0.2, 0) is 11.2 Å². The van der Waals surface area contributed by atoms with E-state index in [4.69, 9.17) is 21.4 Å². The fraction of sp³-hybridized carbons (Fsp3) is 0.462. The number of aliphatic hydroxyl groups is 1. The van der Waals surface area contributed by atoms with Crippen molar-refractivity contribution >= 4 is 64.7 Å². The number of aliphatic carboxylic acids is 1. The standard InChI is InChI=1S/C26H33ClO6S.Na.H/c1-5-7-19-21(10-9-18(16(2)28)24(19)31)33-12-6-13-34-22-11-8-17(14-20(22)27)25(32)26(3,4)15-23(29)30;;/h8-11,14,25,31-32H,5-7,12-13,15H2,1-4H3,(H,29,30);;. The van der Waals surface area contributed by atoms with E-state index in [1.807, 2.05) is 13.0 Å². The number of carboxylic acid groups (broad SMARTS) is 1. The molecule has 2 aromatic carbocycles. The van der Waals surface area contributed by atoms with Crippen LogP contribution in [0, 0.1) is 5.41 Å². The summed E-state index contributed by atoms with van der Waals surface area (Å²) in [4.78, 5) is 23.6. The molecule has 0 aliphatic rings. The van der Waals surface area contributed by atoms with Crippen molar-refractivity contribution in [2.75, 3.05) is 12.4 Å². The van der Waals surface area contributed by atoms with Crippen molar-refractivity contribution in [2.45, 2.75) is 64.4 Å². The van der Waals surface area contributed by atoms with Crippen LogP contribution in [-0.4, -0.2) is 69.0 Å². The maximum atomic E-state index is 11.7. The summed E-state index contributed by atoms with van der Waals surface area (Å²) in [5.41, 5.74) is 0.724. The first-order chi connectivity index (χ1) is 16.0. The van der Waals surface area contributed by atoms with E-state index in [1.165, 1.54) is 6.92 Å². The third-order valence-corrected chi connectivity index (χ3v) is 7.13. The van der Waals surface area contributed by atoms with E-state index >= 15 is 0 Å². The number of aliphatic hydroxyl groups excluding tert-OH is 1. The summed E-state index contributed by atoms with van der Waals surface area (Å²) >= 11 is 7.98. The van der Waals surface area contributed by atoms with Gasteiger partial charge in [0.15, 0.2) is 5.78 Å². The van der Waals surface area contributed by atoms with E-state index < -0.39 is 17.5 Å². The zero-order chi connectivity index (χ0) is 25.5. The second-order valence-electron chi connectivity index (χ2n) is 8.95. The van der Waals surface area contributed by atoms with Crippen molar-refractivity contribution in [2.24, 2.45) is 5.41 Å². The van der Waals surface area contributed by atoms with Crippen LogP contribution in [0.2, 0.25) is 5.02 Å². The quantitative estimate of drug-likeness (QED) is 0.132. The molecule has 0 fully saturated rings. The molecule has 1 atom stereocenters. The first-order valence-corrected chi connectivity index (χ1v) is 12.6. The van der Waals surface area contributed by atoms with Gasteiger partial charge < -0.3 is 20.1 Å². The van der Waals surface area contributed by atoms with Gasteiger partial charge in [-0.1, -0.05) is 44.9 Å². The molecule has 0 aliphatic heterocycles. The van der Waals surface area contributed by atoms with Gasteiger partial charge in [-0.05, 0) is 49.6 Å². The van der Waals surface area contributed by atoms with Crippen LogP contribution in [0.4, 0.5) is 0 Å². The van der Waals surface area contributed by atoms with Gasteiger partial charge in [0.2, 0.25) is 0 Å². The summed E-state index contributed by atoms with van der Waals surface area (Å²) in [6.45, 7) is 7.29. The van der Waals surface area contributed by atoms with E-state index in [0.717, 1.165) is 23.5 Å². The number of rotatable bonds is 13. The number of hydrogen-bond donors (Lipinski definition) is 3. The van der Waals surface area contributed by atoms with Gasteiger partial charge in [-0.3, -0.25) is 9.59 Å². The zero-order valence-corrected chi connectivity index (χ0v) is 21.6. The Hall–Kier alpha value is -1.22. The average molecular weight is 533 g/mol. The number of carbonyl (C=O) groups excluding carboxylic acids is 1. The molecule has 0 aromatic heterocycles. The summed E-state index contributed by atoms with van der Waals surface area (Å²) in [6.07, 6.45) is 1.07. The predicted octanol–water partition coefficient (Wildman–Crippen LogP) is 5.65. The van der Waals surface area contributed by atoms with Crippen LogP contribution in [0.3, 0.4) is 0 Å². The topological polar surface area (TPSA) is 104 Å². The minimum atomic E-state index is -0.962. The fourth-order valence-electron chi connectivity index (χ4n) is 3.69. The van der Waals surface area contributed by atoms with E-state index in [0.29, 0.717) is 40.5 Å². The van der Waals surface area contributed by atoms with Crippen molar-refractivity contribution < 1.29 is 29.6 Å².